The van der Waals surface area contributed by atoms with E-state index >= 15 is 0 Å². The van der Waals surface area contributed by atoms with Crippen LogP contribution in [0.5, 0.6) is 5.75 Å². The standard InChI is InChI=1S/C20H24BrNO2/c1-13(2)22(14(3)4)20(23)18-10-9-17(24-5)12-19(18)15-7-6-8-16(21)11-15/h6-14H,1-5H3. The van der Waals surface area contributed by atoms with E-state index in [9.17, 15) is 4.79 Å². The molecule has 1 amide bonds. The van der Waals surface area contributed by atoms with Gasteiger partial charge < -0.3 is 9.64 Å². The number of hydrogen-bond acceptors (Lipinski definition) is 2. The second kappa shape index (κ2) is 7.84. The summed E-state index contributed by atoms with van der Waals surface area (Å²) in [5.41, 5.74) is 2.56. The first kappa shape index (κ1) is 18.5. The van der Waals surface area contributed by atoms with Gasteiger partial charge in [-0.2, -0.15) is 0 Å². The number of nitrogens with zero attached hydrogens (tertiary/aromatic N) is 1. The molecular formula is C20H24BrNO2. The number of carbonyl (C=O) groups is 1. The maximum Gasteiger partial charge on any atom is 0.254 e. The maximum atomic E-state index is 13.2. The second-order valence-electron chi connectivity index (χ2n) is 6.32. The van der Waals surface area contributed by atoms with E-state index in [1.807, 2.05) is 75.1 Å². The van der Waals surface area contributed by atoms with Crippen LogP contribution in [0.3, 0.4) is 0 Å². The molecule has 4 heteroatoms. The molecule has 0 spiro atoms. The Morgan fingerprint density at radius 2 is 1.71 bits per heavy atom. The van der Waals surface area contributed by atoms with Gasteiger partial charge in [-0.05, 0) is 69.2 Å². The second-order valence-corrected chi connectivity index (χ2v) is 7.24. The van der Waals surface area contributed by atoms with Crippen molar-refractivity contribution < 1.29 is 9.53 Å². The first-order valence-electron chi connectivity index (χ1n) is 8.11. The molecule has 0 aliphatic rings. The Morgan fingerprint density at radius 1 is 1.04 bits per heavy atom. The van der Waals surface area contributed by atoms with Gasteiger partial charge in [-0.1, -0.05) is 28.1 Å². The van der Waals surface area contributed by atoms with Crippen LogP contribution >= 0.6 is 15.9 Å². The van der Waals surface area contributed by atoms with Gasteiger partial charge in [-0.3, -0.25) is 4.79 Å². The van der Waals surface area contributed by atoms with E-state index in [1.54, 1.807) is 7.11 Å². The van der Waals surface area contributed by atoms with Crippen LogP contribution in [0.4, 0.5) is 0 Å². The third-order valence-corrected chi connectivity index (χ3v) is 4.43. The van der Waals surface area contributed by atoms with E-state index in [0.29, 0.717) is 5.56 Å². The topological polar surface area (TPSA) is 29.5 Å². The maximum absolute atomic E-state index is 13.2. The minimum Gasteiger partial charge on any atom is -0.497 e. The zero-order chi connectivity index (χ0) is 17.9. The van der Waals surface area contributed by atoms with Gasteiger partial charge >= 0.3 is 0 Å². The van der Waals surface area contributed by atoms with Crippen LogP contribution in [0, 0.1) is 0 Å². The molecule has 0 N–H and O–H groups in total. The quantitative estimate of drug-likeness (QED) is 0.686. The van der Waals surface area contributed by atoms with Crippen LogP contribution in [0.2, 0.25) is 0 Å². The van der Waals surface area contributed by atoms with Crippen LogP contribution in [0.25, 0.3) is 11.1 Å². The van der Waals surface area contributed by atoms with Gasteiger partial charge in [-0.25, -0.2) is 0 Å². The minimum absolute atomic E-state index is 0.0395. The average Bonchev–Trinajstić information content (AvgIpc) is 2.53. The molecule has 0 heterocycles. The fraction of sp³-hybridized carbons (Fsp3) is 0.350. The largest absolute Gasteiger partial charge is 0.497 e. The summed E-state index contributed by atoms with van der Waals surface area (Å²) in [4.78, 5) is 15.1. The van der Waals surface area contributed by atoms with Crippen molar-refractivity contribution in [2.75, 3.05) is 7.11 Å². The molecule has 2 rings (SSSR count). The third kappa shape index (κ3) is 3.99. The van der Waals surface area contributed by atoms with Gasteiger partial charge in [0.2, 0.25) is 0 Å². The minimum atomic E-state index is 0.0395. The fourth-order valence-electron chi connectivity index (χ4n) is 2.94. The first-order chi connectivity index (χ1) is 11.3. The van der Waals surface area contributed by atoms with Crippen molar-refractivity contribution in [3.63, 3.8) is 0 Å². The number of amides is 1. The summed E-state index contributed by atoms with van der Waals surface area (Å²) in [5.74, 6) is 0.778. The molecule has 24 heavy (non-hydrogen) atoms. The molecular weight excluding hydrogens is 366 g/mol. The summed E-state index contributed by atoms with van der Waals surface area (Å²) in [5, 5.41) is 0. The highest BCUT2D eigenvalue weighted by Crippen LogP contribution is 2.31. The smallest absolute Gasteiger partial charge is 0.254 e. The molecule has 128 valence electrons. The third-order valence-electron chi connectivity index (χ3n) is 3.94. The Kier molecular flexibility index (Phi) is 6.05. The van der Waals surface area contributed by atoms with E-state index in [-0.39, 0.29) is 18.0 Å². The summed E-state index contributed by atoms with van der Waals surface area (Å²) in [7, 11) is 1.63. The number of carbonyl (C=O) groups excluding carboxylic acids is 1. The Hall–Kier alpha value is -1.81. The van der Waals surface area contributed by atoms with Crippen LogP contribution in [0.15, 0.2) is 46.9 Å². The van der Waals surface area contributed by atoms with Crippen molar-refractivity contribution in [1.82, 2.24) is 4.90 Å². The van der Waals surface area contributed by atoms with Crippen molar-refractivity contribution in [2.45, 2.75) is 39.8 Å². The van der Waals surface area contributed by atoms with E-state index in [2.05, 4.69) is 15.9 Å². The van der Waals surface area contributed by atoms with Gasteiger partial charge in [0, 0.05) is 22.1 Å². The number of methoxy groups -OCH3 is 1. The van der Waals surface area contributed by atoms with Crippen molar-refractivity contribution in [3.05, 3.63) is 52.5 Å². The van der Waals surface area contributed by atoms with Crippen LogP contribution in [0.1, 0.15) is 38.1 Å². The summed E-state index contributed by atoms with van der Waals surface area (Å²) in [6.07, 6.45) is 0. The molecule has 0 atom stereocenters. The SMILES string of the molecule is COc1ccc(C(=O)N(C(C)C)C(C)C)c(-c2cccc(Br)c2)c1. The predicted octanol–water partition coefficient (Wildman–Crippen LogP) is 5.38. The molecule has 2 aromatic rings. The van der Waals surface area contributed by atoms with E-state index in [1.165, 1.54) is 0 Å². The lowest BCUT2D eigenvalue weighted by Crippen LogP contribution is -2.42. The van der Waals surface area contributed by atoms with Gasteiger partial charge in [0.05, 0.1) is 7.11 Å². The lowest BCUT2D eigenvalue weighted by molar-refractivity contribution is 0.0644. The molecule has 0 aliphatic carbocycles. The molecule has 0 aromatic heterocycles. The van der Waals surface area contributed by atoms with Gasteiger partial charge in [-0.15, -0.1) is 0 Å². The highest BCUT2D eigenvalue weighted by atomic mass is 79.9. The number of benzene rings is 2. The number of ether oxygens (including phenoxy) is 1. The molecule has 3 nitrogen and oxygen atoms in total. The van der Waals surface area contributed by atoms with Crippen molar-refractivity contribution >= 4 is 21.8 Å². The average molecular weight is 390 g/mol. The summed E-state index contributed by atoms with van der Waals surface area (Å²) in [6, 6.07) is 13.8. The zero-order valence-corrected chi connectivity index (χ0v) is 16.4. The fourth-order valence-corrected chi connectivity index (χ4v) is 3.34. The number of rotatable bonds is 5. The summed E-state index contributed by atoms with van der Waals surface area (Å²) in [6.45, 7) is 8.17. The van der Waals surface area contributed by atoms with Crippen molar-refractivity contribution in [1.29, 1.82) is 0 Å². The molecule has 0 aliphatic heterocycles. The van der Waals surface area contributed by atoms with Gasteiger partial charge in [0.15, 0.2) is 0 Å². The lowest BCUT2D eigenvalue weighted by Gasteiger charge is -2.31. The Morgan fingerprint density at radius 3 is 2.25 bits per heavy atom. The monoisotopic (exact) mass is 389 g/mol. The van der Waals surface area contributed by atoms with E-state index in [0.717, 1.165) is 21.3 Å². The Labute approximate surface area is 152 Å². The first-order valence-corrected chi connectivity index (χ1v) is 8.91. The summed E-state index contributed by atoms with van der Waals surface area (Å²) < 4.78 is 6.34. The molecule has 0 saturated heterocycles. The van der Waals surface area contributed by atoms with Crippen LogP contribution < -0.4 is 4.74 Å². The van der Waals surface area contributed by atoms with Gasteiger partial charge in [0.25, 0.3) is 5.91 Å². The zero-order valence-electron chi connectivity index (χ0n) is 14.8. The Bertz CT molecular complexity index is 717. The summed E-state index contributed by atoms with van der Waals surface area (Å²) >= 11 is 3.51. The van der Waals surface area contributed by atoms with Crippen molar-refractivity contribution in [3.8, 4) is 16.9 Å². The lowest BCUT2D eigenvalue weighted by atomic mass is 9.97. The molecule has 0 fully saturated rings. The highest BCUT2D eigenvalue weighted by Gasteiger charge is 2.24. The van der Waals surface area contributed by atoms with E-state index in [4.69, 9.17) is 4.74 Å². The number of hydrogen-bond donors (Lipinski definition) is 0. The van der Waals surface area contributed by atoms with Crippen molar-refractivity contribution in [2.24, 2.45) is 0 Å². The van der Waals surface area contributed by atoms with Crippen LogP contribution in [-0.4, -0.2) is 30.0 Å². The Balaban J connectivity index is 2.59. The molecule has 0 unspecified atom stereocenters. The molecule has 2 aromatic carbocycles. The normalized spacial score (nSPS) is 11.0. The molecule has 0 bridgehead atoms. The molecule has 0 radical (unpaired) electrons. The van der Waals surface area contributed by atoms with Crippen LogP contribution in [-0.2, 0) is 0 Å². The molecule has 0 saturated carbocycles. The van der Waals surface area contributed by atoms with E-state index < -0.39 is 0 Å². The number of halogens is 1. The highest BCUT2D eigenvalue weighted by molar-refractivity contribution is 9.10. The van der Waals surface area contributed by atoms with Gasteiger partial charge in [0.1, 0.15) is 5.75 Å². The predicted molar refractivity (Wildman–Crippen MR) is 103 cm³/mol.